The highest BCUT2D eigenvalue weighted by molar-refractivity contribution is 9.10. The second-order valence-corrected chi connectivity index (χ2v) is 7.15. The molecule has 2 aromatic rings. The molecule has 0 spiro atoms. The first kappa shape index (κ1) is 21.8. The summed E-state index contributed by atoms with van der Waals surface area (Å²) in [6.07, 6.45) is 2.42. The van der Waals surface area contributed by atoms with Gasteiger partial charge in [0, 0.05) is 10.0 Å². The Bertz CT molecular complexity index is 822. The molecule has 0 aliphatic rings. The molecule has 28 heavy (non-hydrogen) atoms. The predicted molar refractivity (Wildman–Crippen MR) is 113 cm³/mol. The number of aromatic hydroxyl groups is 1. The summed E-state index contributed by atoms with van der Waals surface area (Å²) in [7, 11) is 0. The van der Waals surface area contributed by atoms with Crippen molar-refractivity contribution in [1.29, 1.82) is 0 Å². The third-order valence-corrected chi connectivity index (χ3v) is 4.65. The second-order valence-electron chi connectivity index (χ2n) is 6.23. The summed E-state index contributed by atoms with van der Waals surface area (Å²) in [6.45, 7) is 6.40. The van der Waals surface area contributed by atoms with Gasteiger partial charge in [0.2, 0.25) is 0 Å². The van der Waals surface area contributed by atoms with Crippen molar-refractivity contribution < 1.29 is 19.4 Å². The van der Waals surface area contributed by atoms with E-state index in [1.165, 1.54) is 11.8 Å². The fourth-order valence-corrected chi connectivity index (χ4v) is 2.90. The number of halogens is 1. The number of rotatable bonds is 9. The molecule has 150 valence electrons. The molecular formula is C21H25BrN2O4. The Morgan fingerprint density at radius 3 is 2.61 bits per heavy atom. The third-order valence-electron chi connectivity index (χ3n) is 4.19. The van der Waals surface area contributed by atoms with Gasteiger partial charge in [-0.15, -0.1) is 0 Å². The van der Waals surface area contributed by atoms with E-state index in [-0.39, 0.29) is 12.4 Å². The number of phenolic OH excluding ortho intramolecular Hbond substituents is 1. The minimum atomic E-state index is -0.401. The highest BCUT2D eigenvalue weighted by Gasteiger charge is 2.09. The van der Waals surface area contributed by atoms with Crippen molar-refractivity contribution in [3.05, 3.63) is 52.0 Å². The summed E-state index contributed by atoms with van der Waals surface area (Å²) in [4.78, 5) is 11.9. The molecule has 0 bridgehead atoms. The number of amides is 1. The largest absolute Gasteiger partial charge is 0.504 e. The van der Waals surface area contributed by atoms with Crippen molar-refractivity contribution in [3.8, 4) is 17.2 Å². The lowest BCUT2D eigenvalue weighted by molar-refractivity contribution is -0.123. The Kier molecular flexibility index (Phi) is 8.32. The Morgan fingerprint density at radius 2 is 1.96 bits per heavy atom. The standard InChI is InChI=1S/C21H25BrN2O4/c1-4-14(3)15-6-8-18(9-7-15)28-13-20(25)24-23-12-16-10-17(22)11-19(21(16)26)27-5-2/h6-12,14,26H,4-5,13H2,1-3H3,(H,24,25)/b23-12-. The maximum Gasteiger partial charge on any atom is 0.277 e. The van der Waals surface area contributed by atoms with Gasteiger partial charge in [0.1, 0.15) is 5.75 Å². The molecule has 6 nitrogen and oxygen atoms in total. The van der Waals surface area contributed by atoms with Crippen LogP contribution in [0.1, 0.15) is 44.2 Å². The third kappa shape index (κ3) is 6.27. The van der Waals surface area contributed by atoms with E-state index in [9.17, 15) is 9.90 Å². The minimum absolute atomic E-state index is 0.0410. The van der Waals surface area contributed by atoms with Crippen LogP contribution in [-0.4, -0.2) is 30.4 Å². The van der Waals surface area contributed by atoms with Gasteiger partial charge in [0.05, 0.1) is 12.8 Å². The van der Waals surface area contributed by atoms with Crippen molar-refractivity contribution in [2.75, 3.05) is 13.2 Å². The van der Waals surface area contributed by atoms with Gasteiger partial charge in [-0.3, -0.25) is 4.79 Å². The van der Waals surface area contributed by atoms with Crippen molar-refractivity contribution in [2.45, 2.75) is 33.1 Å². The molecule has 0 aliphatic carbocycles. The van der Waals surface area contributed by atoms with Crippen molar-refractivity contribution >= 4 is 28.1 Å². The van der Waals surface area contributed by atoms with Crippen LogP contribution < -0.4 is 14.9 Å². The number of phenols is 1. The van der Waals surface area contributed by atoms with Gasteiger partial charge in [-0.25, -0.2) is 5.43 Å². The van der Waals surface area contributed by atoms with E-state index >= 15 is 0 Å². The number of hydrogen-bond acceptors (Lipinski definition) is 5. The summed E-state index contributed by atoms with van der Waals surface area (Å²) in [5.74, 6) is 1.01. The Morgan fingerprint density at radius 1 is 1.25 bits per heavy atom. The molecule has 0 saturated heterocycles. The number of benzene rings is 2. The van der Waals surface area contributed by atoms with Crippen LogP contribution >= 0.6 is 15.9 Å². The van der Waals surface area contributed by atoms with Crippen molar-refractivity contribution in [3.63, 3.8) is 0 Å². The van der Waals surface area contributed by atoms with Crippen LogP contribution in [0.2, 0.25) is 0 Å². The Balaban J connectivity index is 1.89. The molecule has 7 heteroatoms. The normalized spacial score (nSPS) is 12.0. The summed E-state index contributed by atoms with van der Waals surface area (Å²) >= 11 is 3.35. The number of nitrogens with one attached hydrogen (secondary N) is 1. The van der Waals surface area contributed by atoms with Gasteiger partial charge >= 0.3 is 0 Å². The Hall–Kier alpha value is -2.54. The average molecular weight is 449 g/mol. The highest BCUT2D eigenvalue weighted by atomic mass is 79.9. The zero-order valence-corrected chi connectivity index (χ0v) is 17.8. The fourth-order valence-electron chi connectivity index (χ4n) is 2.44. The van der Waals surface area contributed by atoms with E-state index in [1.54, 1.807) is 12.1 Å². The monoisotopic (exact) mass is 448 g/mol. The lowest BCUT2D eigenvalue weighted by atomic mass is 9.99. The molecule has 0 saturated carbocycles. The van der Waals surface area contributed by atoms with Crippen LogP contribution in [0, 0.1) is 0 Å². The molecule has 2 aromatic carbocycles. The van der Waals surface area contributed by atoms with Crippen LogP contribution in [0.4, 0.5) is 0 Å². The van der Waals surface area contributed by atoms with Gasteiger partial charge < -0.3 is 14.6 Å². The molecule has 0 fully saturated rings. The number of nitrogens with zero attached hydrogens (tertiary/aromatic N) is 1. The van der Waals surface area contributed by atoms with E-state index < -0.39 is 5.91 Å². The maximum absolute atomic E-state index is 11.9. The molecule has 1 amide bonds. The van der Waals surface area contributed by atoms with E-state index in [1.807, 2.05) is 31.2 Å². The number of hydrazone groups is 1. The first-order chi connectivity index (χ1) is 13.4. The molecule has 0 radical (unpaired) electrons. The summed E-state index contributed by atoms with van der Waals surface area (Å²) in [6, 6.07) is 11.1. The smallest absolute Gasteiger partial charge is 0.277 e. The number of ether oxygens (including phenoxy) is 2. The van der Waals surface area contributed by atoms with Crippen molar-refractivity contribution in [2.24, 2.45) is 5.10 Å². The molecular weight excluding hydrogens is 424 g/mol. The Labute approximate surface area is 173 Å². The number of carbonyl (C=O) groups is 1. The fraction of sp³-hybridized carbons (Fsp3) is 0.333. The lowest BCUT2D eigenvalue weighted by Crippen LogP contribution is -2.24. The zero-order valence-electron chi connectivity index (χ0n) is 16.2. The molecule has 0 aliphatic heterocycles. The molecule has 2 N–H and O–H groups in total. The lowest BCUT2D eigenvalue weighted by Gasteiger charge is -2.10. The van der Waals surface area contributed by atoms with E-state index in [4.69, 9.17) is 9.47 Å². The average Bonchev–Trinajstić information content (AvgIpc) is 2.69. The topological polar surface area (TPSA) is 80.2 Å². The van der Waals surface area contributed by atoms with Gasteiger partial charge in [-0.05, 0) is 49.1 Å². The van der Waals surface area contributed by atoms with Crippen LogP contribution in [0.5, 0.6) is 17.2 Å². The van der Waals surface area contributed by atoms with Gasteiger partial charge in [-0.1, -0.05) is 41.9 Å². The quantitative estimate of drug-likeness (QED) is 0.433. The van der Waals surface area contributed by atoms with Gasteiger partial charge in [-0.2, -0.15) is 5.10 Å². The van der Waals surface area contributed by atoms with Gasteiger partial charge in [0.15, 0.2) is 18.1 Å². The van der Waals surface area contributed by atoms with Crippen LogP contribution in [0.3, 0.4) is 0 Å². The van der Waals surface area contributed by atoms with E-state index in [0.29, 0.717) is 29.6 Å². The summed E-state index contributed by atoms with van der Waals surface area (Å²) < 4.78 is 11.6. The van der Waals surface area contributed by atoms with Crippen LogP contribution in [-0.2, 0) is 4.79 Å². The molecule has 1 unspecified atom stereocenters. The predicted octanol–water partition coefficient (Wildman–Crippen LogP) is 4.60. The van der Waals surface area contributed by atoms with E-state index in [0.717, 1.165) is 10.9 Å². The zero-order chi connectivity index (χ0) is 20.5. The highest BCUT2D eigenvalue weighted by Crippen LogP contribution is 2.32. The van der Waals surface area contributed by atoms with E-state index in [2.05, 4.69) is 40.3 Å². The SMILES string of the molecule is CCOc1cc(Br)cc(/C=N\NC(=O)COc2ccc(C(C)CC)cc2)c1O. The van der Waals surface area contributed by atoms with Gasteiger partial charge in [0.25, 0.3) is 5.91 Å². The first-order valence-corrected chi connectivity index (χ1v) is 9.93. The summed E-state index contributed by atoms with van der Waals surface area (Å²) in [5.41, 5.74) is 4.03. The molecule has 2 rings (SSSR count). The van der Waals surface area contributed by atoms with Crippen LogP contribution in [0.15, 0.2) is 46.0 Å². The maximum atomic E-state index is 11.9. The number of hydrogen-bond donors (Lipinski definition) is 2. The second kappa shape index (κ2) is 10.7. The summed E-state index contributed by atoms with van der Waals surface area (Å²) in [5, 5.41) is 14.0. The first-order valence-electron chi connectivity index (χ1n) is 9.14. The molecule has 1 atom stereocenters. The molecule has 0 heterocycles. The minimum Gasteiger partial charge on any atom is -0.504 e. The number of carbonyl (C=O) groups excluding carboxylic acids is 1. The van der Waals surface area contributed by atoms with Crippen LogP contribution in [0.25, 0.3) is 0 Å². The molecule has 0 aromatic heterocycles. The van der Waals surface area contributed by atoms with Crippen molar-refractivity contribution in [1.82, 2.24) is 5.43 Å².